The molecule has 0 unspecified atom stereocenters. The monoisotopic (exact) mass is 791 g/mol. The topological polar surface area (TPSA) is 228 Å². The van der Waals surface area contributed by atoms with Crippen molar-refractivity contribution in [2.75, 3.05) is 52.7 Å². The van der Waals surface area contributed by atoms with Crippen molar-refractivity contribution in [1.82, 2.24) is 0 Å². The number of aliphatic carboxylic acids is 2. The van der Waals surface area contributed by atoms with Gasteiger partial charge >= 0.3 is 48.9 Å². The fourth-order valence-corrected chi connectivity index (χ4v) is 2.70. The van der Waals surface area contributed by atoms with Crippen LogP contribution >= 0.6 is 0 Å². The summed E-state index contributed by atoms with van der Waals surface area (Å²) in [6.07, 6.45) is 4.67. The van der Waals surface area contributed by atoms with Gasteiger partial charge in [0.1, 0.15) is 13.2 Å². The number of fused-ring (bicyclic) bond motifs is 4. The Kier molecular flexibility index (Phi) is 35.2. The number of carbonyl (C=O) groups excluding carboxylic acids is 2. The molecule has 3 rings (SSSR count). The molecule has 44 heavy (non-hydrogen) atoms. The van der Waals surface area contributed by atoms with Crippen LogP contribution in [-0.2, 0) is 40.6 Å². The van der Waals surface area contributed by atoms with Gasteiger partial charge in [-0.15, -0.1) is 0 Å². The maximum Gasteiger partial charge on any atom is 2.00 e. The molecule has 0 aromatic heterocycles. The molecule has 0 saturated carbocycles. The Morgan fingerprint density at radius 1 is 0.795 bits per heavy atom. The van der Waals surface area contributed by atoms with Gasteiger partial charge in [0.25, 0.3) is 5.97 Å². The SMILES string of the molecule is CC(=O)O.CC(=O)[O-].C[C-]=O.O.Oc1c2cccc1OCCOCCOCCOc1cccc(c1O)C=NCCN=C2.[Ba+2].[Co]. The summed E-state index contributed by atoms with van der Waals surface area (Å²) in [7, 11) is 0. The van der Waals surface area contributed by atoms with Crippen molar-refractivity contribution in [1.29, 1.82) is 0 Å². The molecule has 1 aliphatic heterocycles. The predicted octanol–water partition coefficient (Wildman–Crippen LogP) is 0.195. The first-order valence-corrected chi connectivity index (χ1v) is 12.3. The smallest absolute Gasteiger partial charge is 0.550 e. The summed E-state index contributed by atoms with van der Waals surface area (Å²) in [6.45, 7) is 6.43. The molecule has 243 valence electrons. The standard InChI is InChI=1S/C22H26N2O6.2C2H4O2.C2H3O.Ba.Co.H2O/c25-21-17-3-1-5-19(21)29-13-11-27-9-10-28-12-14-30-20-6-2-4-18(22(20)26)16-24-8-7-23-15-17;2*1-2(3)4;1-2-3;;;/h1-6,15-16,25-26H,7-14H2;2*1H3,(H,3,4);1H3;;;1H2/q;;;-1;+2;;/p-1. The molecule has 1 radical (unpaired) electrons. The fourth-order valence-electron chi connectivity index (χ4n) is 2.70. The number of phenols is 2. The van der Waals surface area contributed by atoms with Gasteiger partial charge in [-0.1, -0.05) is 12.1 Å². The van der Waals surface area contributed by atoms with Crippen LogP contribution in [0.3, 0.4) is 0 Å². The second kappa shape index (κ2) is 32.0. The zero-order chi connectivity index (χ0) is 30.9. The molecule has 5 N–H and O–H groups in total. The van der Waals surface area contributed by atoms with E-state index in [4.69, 9.17) is 43.5 Å². The van der Waals surface area contributed by atoms with E-state index in [1.54, 1.807) is 48.8 Å². The average Bonchev–Trinajstić information content (AvgIpc) is 2.89. The van der Waals surface area contributed by atoms with E-state index in [-0.39, 0.29) is 82.6 Å². The van der Waals surface area contributed by atoms with E-state index in [1.807, 2.05) is 0 Å². The number of carboxylic acids is 2. The van der Waals surface area contributed by atoms with Gasteiger partial charge in [0.05, 0.1) is 39.5 Å². The summed E-state index contributed by atoms with van der Waals surface area (Å²) in [5.74, 6) is -1.08. The number of ether oxygens (including phenoxy) is 4. The Balaban J connectivity index is -0.000000497. The second-order valence-electron chi connectivity index (χ2n) is 7.59. The first kappa shape index (κ1) is 48.5. The third kappa shape index (κ3) is 26.0. The quantitative estimate of drug-likeness (QED) is 0.241. The first-order chi connectivity index (χ1) is 19.6. The molecule has 1 aliphatic rings. The van der Waals surface area contributed by atoms with Crippen LogP contribution in [0.25, 0.3) is 0 Å². The van der Waals surface area contributed by atoms with Gasteiger partial charge in [0, 0.05) is 53.2 Å². The molecule has 0 atom stereocenters. The number of carbonyl (C=O) groups is 2. The molecule has 0 spiro atoms. The van der Waals surface area contributed by atoms with E-state index in [9.17, 15) is 10.2 Å². The minimum absolute atomic E-state index is 0. The van der Waals surface area contributed by atoms with Gasteiger partial charge in [0.2, 0.25) is 0 Å². The number of aliphatic imine (C=N–C) groups is 2. The van der Waals surface area contributed by atoms with Crippen molar-refractivity contribution in [3.63, 3.8) is 0 Å². The van der Waals surface area contributed by atoms with Gasteiger partial charge in [-0.2, -0.15) is 6.92 Å². The van der Waals surface area contributed by atoms with Crippen molar-refractivity contribution in [2.24, 2.45) is 9.98 Å². The molecule has 0 fully saturated rings. The van der Waals surface area contributed by atoms with E-state index in [0.717, 1.165) is 13.8 Å². The average molecular weight is 791 g/mol. The molecule has 1 heterocycles. The molecule has 2 aromatic rings. The van der Waals surface area contributed by atoms with Crippen LogP contribution in [0.15, 0.2) is 46.4 Å². The zero-order valence-corrected chi connectivity index (χ0v) is 30.3. The van der Waals surface area contributed by atoms with Crippen LogP contribution in [0.4, 0.5) is 0 Å². The van der Waals surface area contributed by atoms with E-state index in [0.29, 0.717) is 75.4 Å². The number of carboxylic acid groups (broad SMARTS) is 2. The summed E-state index contributed by atoms with van der Waals surface area (Å²) < 4.78 is 22.1. The normalized spacial score (nSPS) is 12.7. The van der Waals surface area contributed by atoms with Crippen molar-refractivity contribution >= 4 is 79.5 Å². The molecule has 14 nitrogen and oxygen atoms in total. The van der Waals surface area contributed by atoms with E-state index in [1.165, 1.54) is 13.2 Å². The number of para-hydroxylation sites is 2. The predicted molar refractivity (Wildman–Crippen MR) is 158 cm³/mol. The van der Waals surface area contributed by atoms with Crippen LogP contribution < -0.4 is 14.6 Å². The number of hydrogen-bond donors (Lipinski definition) is 3. The maximum absolute atomic E-state index is 10.3. The number of aromatic hydroxyl groups is 2. The summed E-state index contributed by atoms with van der Waals surface area (Å²) in [6, 6.07) is 10.5. The van der Waals surface area contributed by atoms with Crippen molar-refractivity contribution in [2.45, 2.75) is 20.8 Å². The molecule has 0 saturated heterocycles. The zero-order valence-electron chi connectivity index (χ0n) is 24.8. The molecule has 16 heteroatoms. The van der Waals surface area contributed by atoms with Gasteiger partial charge in [0.15, 0.2) is 23.0 Å². The van der Waals surface area contributed by atoms with Gasteiger partial charge in [-0.25, -0.2) is 0 Å². The van der Waals surface area contributed by atoms with E-state index in [2.05, 4.69) is 9.98 Å². The van der Waals surface area contributed by atoms with E-state index >= 15 is 0 Å². The van der Waals surface area contributed by atoms with Crippen LogP contribution in [0.1, 0.15) is 31.9 Å². The molecule has 4 bridgehead atoms. The van der Waals surface area contributed by atoms with Gasteiger partial charge in [-0.3, -0.25) is 21.1 Å². The number of rotatable bonds is 0. The summed E-state index contributed by atoms with van der Waals surface area (Å²) in [5.41, 5.74) is 1.13. The van der Waals surface area contributed by atoms with Crippen LogP contribution in [0, 0.1) is 0 Å². The molecular formula is C28H38BaCoN2O12. The molecule has 0 amide bonds. The first-order valence-electron chi connectivity index (χ1n) is 12.3. The molecule has 0 aliphatic carbocycles. The second-order valence-corrected chi connectivity index (χ2v) is 7.59. The Bertz CT molecular complexity index is 1030. The summed E-state index contributed by atoms with van der Waals surface area (Å²) >= 11 is 0. The van der Waals surface area contributed by atoms with E-state index < -0.39 is 11.9 Å². The van der Waals surface area contributed by atoms with Crippen molar-refractivity contribution in [3.8, 4) is 23.0 Å². The van der Waals surface area contributed by atoms with Gasteiger partial charge < -0.3 is 54.4 Å². The van der Waals surface area contributed by atoms with Crippen molar-refractivity contribution < 1.29 is 76.0 Å². The Morgan fingerprint density at radius 2 is 1.09 bits per heavy atom. The largest absolute Gasteiger partial charge is 2.00 e. The third-order valence-electron chi connectivity index (χ3n) is 4.22. The Morgan fingerprint density at radius 3 is 1.41 bits per heavy atom. The third-order valence-corrected chi connectivity index (χ3v) is 4.22. The van der Waals surface area contributed by atoms with Gasteiger partial charge in [-0.05, 0) is 31.2 Å². The Labute approximate surface area is 307 Å². The van der Waals surface area contributed by atoms with Crippen LogP contribution in [0.5, 0.6) is 23.0 Å². The minimum atomic E-state index is -1.08. The number of benzene rings is 2. The summed E-state index contributed by atoms with van der Waals surface area (Å²) in [4.78, 5) is 35.2. The number of hydrogen-bond acceptors (Lipinski definition) is 12. The molecular weight excluding hydrogens is 753 g/mol. The number of nitrogens with zero attached hydrogens (tertiary/aromatic N) is 2. The van der Waals surface area contributed by atoms with Crippen molar-refractivity contribution in [3.05, 3.63) is 47.5 Å². The van der Waals surface area contributed by atoms with Crippen LogP contribution in [-0.4, -0.2) is 153 Å². The minimum Gasteiger partial charge on any atom is -0.550 e. The molecule has 2 aromatic carbocycles. The Hall–Kier alpha value is -2.45. The fraction of sp³-hybridized carbons (Fsp3) is 0.393. The van der Waals surface area contributed by atoms with Crippen LogP contribution in [0.2, 0.25) is 0 Å². The summed E-state index contributed by atoms with van der Waals surface area (Å²) in [5, 5.41) is 37.0. The number of phenolic OH excluding ortho intramolecular Hbond substituents is 2. The maximum atomic E-state index is 10.3.